The predicted octanol–water partition coefficient (Wildman–Crippen LogP) is 1.01. The average molecular weight is 165 g/mol. The first-order chi connectivity index (χ1) is 3.33. The molecule has 0 aromatic carbocycles. The van der Waals surface area contributed by atoms with Crippen molar-refractivity contribution in [2.75, 3.05) is 11.9 Å². The van der Waals surface area contributed by atoms with Crippen molar-refractivity contribution in [2.24, 2.45) is 0 Å². The first-order valence-electron chi connectivity index (χ1n) is 1.93. The molecule has 0 radical (unpaired) electrons. The van der Waals surface area contributed by atoms with Gasteiger partial charge in [-0.3, -0.25) is 0 Å². The van der Waals surface area contributed by atoms with Gasteiger partial charge in [0.05, 0.1) is 5.33 Å². The summed E-state index contributed by atoms with van der Waals surface area (Å²) >= 11 is 3.01. The number of hydrogen-bond acceptors (Lipinski definition) is 1. The molecule has 0 unspecified atom stereocenters. The topological polar surface area (TPSA) is 20.2 Å². The van der Waals surface area contributed by atoms with E-state index in [0.717, 1.165) is 0 Å². The van der Waals surface area contributed by atoms with Gasteiger partial charge in [-0.05, 0) is 6.92 Å². The van der Waals surface area contributed by atoms with Gasteiger partial charge in [0.2, 0.25) is 0 Å². The van der Waals surface area contributed by atoms with Crippen LogP contribution in [0.4, 0.5) is 0 Å². The van der Waals surface area contributed by atoms with Gasteiger partial charge in [0, 0.05) is 6.61 Å². The summed E-state index contributed by atoms with van der Waals surface area (Å²) in [5, 5.41) is 8.23. The highest BCUT2D eigenvalue weighted by molar-refractivity contribution is 9.09. The van der Waals surface area contributed by atoms with E-state index in [1.807, 2.05) is 0 Å². The number of rotatable bonds is 0. The molecular weight excluding hydrogens is 156 g/mol. The van der Waals surface area contributed by atoms with Crippen molar-refractivity contribution in [3.63, 3.8) is 0 Å². The third-order valence-electron chi connectivity index (χ3n) is 0.0772. The molecule has 0 rings (SSSR count). The maximum Gasteiger partial charge on any atom is 0.0642 e. The molecule has 0 saturated heterocycles. The van der Waals surface area contributed by atoms with Gasteiger partial charge < -0.3 is 5.11 Å². The number of hydrogen-bond donors (Lipinski definition) is 1. The van der Waals surface area contributed by atoms with Gasteiger partial charge in [0.25, 0.3) is 0 Å². The largest absolute Gasteiger partial charge is 0.397 e. The molecule has 0 fully saturated rings. The van der Waals surface area contributed by atoms with Crippen LogP contribution in [0.2, 0.25) is 0 Å². The lowest BCUT2D eigenvalue weighted by Gasteiger charge is -1.52. The molecule has 1 nitrogen and oxygen atoms in total. The van der Waals surface area contributed by atoms with E-state index < -0.39 is 0 Å². The van der Waals surface area contributed by atoms with Crippen molar-refractivity contribution >= 4 is 15.9 Å². The standard InChI is InChI=1S/C3H3Br.C2H6O/c1-2-3-4;1-2-3/h1H,3H2;3H,2H2,1H3. The van der Waals surface area contributed by atoms with Crippen LogP contribution in [0.15, 0.2) is 0 Å². The zero-order valence-corrected chi connectivity index (χ0v) is 5.90. The van der Waals surface area contributed by atoms with Crippen molar-refractivity contribution in [1.82, 2.24) is 0 Å². The number of alkyl halides is 1. The second-order valence-electron chi connectivity index (χ2n) is 0.654. The van der Waals surface area contributed by atoms with Crippen LogP contribution in [0.1, 0.15) is 6.92 Å². The van der Waals surface area contributed by atoms with E-state index in [1.165, 1.54) is 0 Å². The number of halogens is 1. The fraction of sp³-hybridized carbons (Fsp3) is 0.600. The molecule has 0 heterocycles. The molecule has 0 bridgehead atoms. The van der Waals surface area contributed by atoms with E-state index in [0.29, 0.717) is 5.33 Å². The van der Waals surface area contributed by atoms with Gasteiger partial charge in [-0.1, -0.05) is 21.9 Å². The Labute approximate surface area is 52.9 Å². The van der Waals surface area contributed by atoms with Crippen LogP contribution in [-0.4, -0.2) is 17.0 Å². The molecule has 0 saturated carbocycles. The molecule has 0 aromatic rings. The molecule has 2 heteroatoms. The molecule has 0 aromatic heterocycles. The van der Waals surface area contributed by atoms with Crippen LogP contribution in [0.3, 0.4) is 0 Å². The molecule has 42 valence electrons. The lowest BCUT2D eigenvalue weighted by molar-refractivity contribution is 0.318. The van der Waals surface area contributed by atoms with Gasteiger partial charge in [-0.15, -0.1) is 6.42 Å². The summed E-state index contributed by atoms with van der Waals surface area (Å²) in [5.74, 6) is 2.35. The maximum absolute atomic E-state index is 7.57. The molecule has 7 heavy (non-hydrogen) atoms. The minimum absolute atomic E-state index is 0.250. The van der Waals surface area contributed by atoms with E-state index in [2.05, 4.69) is 21.9 Å². The Hall–Kier alpha value is -0.0000000000000000208. The normalized spacial score (nSPS) is 5.43. The summed E-state index contributed by atoms with van der Waals surface area (Å²) in [6.07, 6.45) is 4.73. The predicted molar refractivity (Wildman–Crippen MR) is 35.4 cm³/mol. The van der Waals surface area contributed by atoms with Crippen molar-refractivity contribution < 1.29 is 5.11 Å². The van der Waals surface area contributed by atoms with Crippen molar-refractivity contribution in [1.29, 1.82) is 0 Å². The average Bonchev–Trinajstić information content (AvgIpc) is 1.69. The Kier molecular flexibility index (Phi) is 24.0. The quantitative estimate of drug-likeness (QED) is 0.419. The minimum atomic E-state index is 0.250. The summed E-state index contributed by atoms with van der Waals surface area (Å²) in [5.41, 5.74) is 0. The van der Waals surface area contributed by atoms with Gasteiger partial charge in [-0.25, -0.2) is 0 Å². The SMILES string of the molecule is C#CCBr.CCO. The smallest absolute Gasteiger partial charge is 0.0642 e. The summed E-state index contributed by atoms with van der Waals surface area (Å²) in [4.78, 5) is 0. The number of aliphatic hydroxyl groups excluding tert-OH is 1. The maximum atomic E-state index is 7.57. The summed E-state index contributed by atoms with van der Waals surface area (Å²) in [7, 11) is 0. The van der Waals surface area contributed by atoms with E-state index in [9.17, 15) is 0 Å². The van der Waals surface area contributed by atoms with Crippen molar-refractivity contribution in [2.45, 2.75) is 6.92 Å². The zero-order chi connectivity index (χ0) is 6.12. The monoisotopic (exact) mass is 164 g/mol. The lowest BCUT2D eigenvalue weighted by Crippen LogP contribution is -1.57. The number of terminal acetylenes is 1. The fourth-order valence-corrected chi connectivity index (χ4v) is 0. The molecule has 0 aliphatic rings. The molecule has 1 N–H and O–H groups in total. The Morgan fingerprint density at radius 3 is 2.00 bits per heavy atom. The highest BCUT2D eigenvalue weighted by atomic mass is 79.9. The molecule has 0 atom stereocenters. The van der Waals surface area contributed by atoms with Crippen molar-refractivity contribution in [3.8, 4) is 12.3 Å². The highest BCUT2D eigenvalue weighted by Gasteiger charge is 1.46. The van der Waals surface area contributed by atoms with Crippen LogP contribution in [0, 0.1) is 12.3 Å². The van der Waals surface area contributed by atoms with E-state index in [4.69, 9.17) is 11.5 Å². The van der Waals surface area contributed by atoms with Gasteiger partial charge in [0.15, 0.2) is 0 Å². The fourth-order valence-electron chi connectivity index (χ4n) is 0. The van der Waals surface area contributed by atoms with Gasteiger partial charge in [0.1, 0.15) is 0 Å². The lowest BCUT2D eigenvalue weighted by atomic mass is 10.9. The molecule has 0 spiro atoms. The minimum Gasteiger partial charge on any atom is -0.397 e. The highest BCUT2D eigenvalue weighted by Crippen LogP contribution is 1.68. The van der Waals surface area contributed by atoms with Crippen molar-refractivity contribution in [3.05, 3.63) is 0 Å². The molecule has 0 aliphatic heterocycles. The van der Waals surface area contributed by atoms with Crippen LogP contribution >= 0.6 is 15.9 Å². The summed E-state index contributed by atoms with van der Waals surface area (Å²) in [6.45, 7) is 1.93. The van der Waals surface area contributed by atoms with Crippen LogP contribution in [0.25, 0.3) is 0 Å². The Bertz CT molecular complexity index is 46.5. The van der Waals surface area contributed by atoms with E-state index >= 15 is 0 Å². The first-order valence-corrected chi connectivity index (χ1v) is 3.05. The molecule has 0 aliphatic carbocycles. The molecule has 0 amide bonds. The van der Waals surface area contributed by atoms with Crippen LogP contribution in [0.5, 0.6) is 0 Å². The Balaban J connectivity index is 0. The third-order valence-corrected chi connectivity index (χ3v) is 0.401. The first kappa shape index (κ1) is 10.1. The molecular formula is C5H9BrO. The third kappa shape index (κ3) is 96.0. The zero-order valence-electron chi connectivity index (χ0n) is 4.32. The number of aliphatic hydroxyl groups is 1. The van der Waals surface area contributed by atoms with Crippen LogP contribution in [-0.2, 0) is 0 Å². The van der Waals surface area contributed by atoms with Gasteiger partial charge >= 0.3 is 0 Å². The van der Waals surface area contributed by atoms with Crippen LogP contribution < -0.4 is 0 Å². The van der Waals surface area contributed by atoms with E-state index in [1.54, 1.807) is 6.92 Å². The second-order valence-corrected chi connectivity index (χ2v) is 1.21. The van der Waals surface area contributed by atoms with Gasteiger partial charge in [-0.2, -0.15) is 0 Å². The Morgan fingerprint density at radius 1 is 1.86 bits per heavy atom. The summed E-state index contributed by atoms with van der Waals surface area (Å²) < 4.78 is 0. The Morgan fingerprint density at radius 2 is 2.00 bits per heavy atom. The van der Waals surface area contributed by atoms with E-state index in [-0.39, 0.29) is 6.61 Å². The second kappa shape index (κ2) is 16.7. The summed E-state index contributed by atoms with van der Waals surface area (Å²) in [6, 6.07) is 0.